The zero-order valence-corrected chi connectivity index (χ0v) is 23.4. The van der Waals surface area contributed by atoms with Crippen molar-refractivity contribution < 1.29 is 9.53 Å². The van der Waals surface area contributed by atoms with Crippen molar-refractivity contribution in [3.05, 3.63) is 23.3 Å². The van der Waals surface area contributed by atoms with Crippen LogP contribution in [0.2, 0.25) is 0 Å². The highest BCUT2D eigenvalue weighted by Crippen LogP contribution is 2.67. The molecule has 0 N–H and O–H groups in total. The van der Waals surface area contributed by atoms with Crippen molar-refractivity contribution in [2.45, 2.75) is 118 Å². The molecular formula is C32H51NO2. The van der Waals surface area contributed by atoms with Crippen LogP contribution >= 0.6 is 0 Å². The van der Waals surface area contributed by atoms with Gasteiger partial charge in [0.15, 0.2) is 0 Å². The van der Waals surface area contributed by atoms with Crippen LogP contribution in [0.15, 0.2) is 28.3 Å². The molecule has 0 radical (unpaired) electrons. The van der Waals surface area contributed by atoms with Gasteiger partial charge in [0.1, 0.15) is 6.10 Å². The number of carbonyl (C=O) groups is 1. The standard InChI is InChI=1S/C32H51NO2/c1-7-9-30(34)35-25-15-17-31(5)24(20-25)11-12-26-28-14-13-27(32(28,6)18-16-29(26)31)23(4)21-33-19-8-10-22(2)3/h10-11,21,23,25-29H,7-9,12-20H2,1-6H3/b33-21+/t23-,25+,26+,27-,28?,29+,31+,32-/m1/s1. The second-order valence-corrected chi connectivity index (χ2v) is 13.1. The number of ether oxygens (including phenoxy) is 1. The molecule has 0 bridgehead atoms. The molecule has 0 saturated heterocycles. The second-order valence-electron chi connectivity index (χ2n) is 13.1. The van der Waals surface area contributed by atoms with Crippen LogP contribution in [0.4, 0.5) is 0 Å². The molecule has 0 spiro atoms. The van der Waals surface area contributed by atoms with Gasteiger partial charge in [-0.25, -0.2) is 0 Å². The average molecular weight is 482 g/mol. The molecule has 0 heterocycles. The van der Waals surface area contributed by atoms with Gasteiger partial charge >= 0.3 is 5.97 Å². The largest absolute Gasteiger partial charge is 0.462 e. The van der Waals surface area contributed by atoms with Gasteiger partial charge < -0.3 is 4.74 Å². The predicted molar refractivity (Wildman–Crippen MR) is 147 cm³/mol. The summed E-state index contributed by atoms with van der Waals surface area (Å²) < 4.78 is 5.85. The van der Waals surface area contributed by atoms with E-state index in [0.717, 1.165) is 55.9 Å². The molecule has 35 heavy (non-hydrogen) atoms. The number of hydrogen-bond acceptors (Lipinski definition) is 3. The fourth-order valence-electron chi connectivity index (χ4n) is 8.85. The summed E-state index contributed by atoms with van der Waals surface area (Å²) in [6, 6.07) is 0. The van der Waals surface area contributed by atoms with E-state index in [1.54, 1.807) is 5.57 Å². The molecule has 1 unspecified atom stereocenters. The van der Waals surface area contributed by atoms with E-state index in [1.807, 2.05) is 6.92 Å². The smallest absolute Gasteiger partial charge is 0.306 e. The number of fused-ring (bicyclic) bond motifs is 5. The van der Waals surface area contributed by atoms with Crippen molar-refractivity contribution in [1.82, 2.24) is 0 Å². The maximum Gasteiger partial charge on any atom is 0.306 e. The van der Waals surface area contributed by atoms with Crippen LogP contribution in [0, 0.1) is 40.4 Å². The van der Waals surface area contributed by atoms with Crippen LogP contribution in [0.3, 0.4) is 0 Å². The van der Waals surface area contributed by atoms with Crippen LogP contribution in [0.25, 0.3) is 0 Å². The Labute approximate surface area is 215 Å². The number of nitrogens with zero attached hydrogens (tertiary/aromatic N) is 1. The topological polar surface area (TPSA) is 38.7 Å². The van der Waals surface area contributed by atoms with E-state index in [1.165, 1.54) is 44.1 Å². The Bertz CT molecular complexity index is 852. The number of allylic oxidation sites excluding steroid dienone is 2. The van der Waals surface area contributed by atoms with E-state index in [2.05, 4.69) is 53.0 Å². The lowest BCUT2D eigenvalue weighted by Gasteiger charge is -2.58. The summed E-state index contributed by atoms with van der Waals surface area (Å²) in [5.41, 5.74) is 3.77. The van der Waals surface area contributed by atoms with Crippen molar-refractivity contribution in [3.63, 3.8) is 0 Å². The highest BCUT2D eigenvalue weighted by molar-refractivity contribution is 5.69. The van der Waals surface area contributed by atoms with E-state index in [-0.39, 0.29) is 12.1 Å². The zero-order valence-electron chi connectivity index (χ0n) is 23.4. The Balaban J connectivity index is 1.42. The van der Waals surface area contributed by atoms with Gasteiger partial charge in [0.2, 0.25) is 0 Å². The summed E-state index contributed by atoms with van der Waals surface area (Å²) in [6.07, 6.45) is 19.7. The van der Waals surface area contributed by atoms with E-state index in [0.29, 0.717) is 23.2 Å². The van der Waals surface area contributed by atoms with Crippen LogP contribution in [0.5, 0.6) is 0 Å². The van der Waals surface area contributed by atoms with Crippen molar-refractivity contribution in [3.8, 4) is 0 Å². The first-order valence-corrected chi connectivity index (χ1v) is 14.7. The number of carbonyl (C=O) groups excluding carboxylic acids is 1. The number of aliphatic imine (C=N–C) groups is 1. The number of esters is 1. The monoisotopic (exact) mass is 481 g/mol. The fourth-order valence-corrected chi connectivity index (χ4v) is 8.85. The summed E-state index contributed by atoms with van der Waals surface area (Å²) in [7, 11) is 0. The maximum absolute atomic E-state index is 12.1. The van der Waals surface area contributed by atoms with E-state index in [4.69, 9.17) is 9.73 Å². The SMILES string of the molecule is CCCC(=O)O[C@H]1CC[C@@]2(C)C(=CC[C@H]3C4CC[C@H]([C@H](C)/C=N/CCC=C(C)C)[C@@]4(C)CC[C@@H]32)C1. The Hall–Kier alpha value is -1.38. The highest BCUT2D eigenvalue weighted by atomic mass is 16.5. The summed E-state index contributed by atoms with van der Waals surface area (Å²) in [5.74, 6) is 3.82. The molecule has 0 aromatic heterocycles. The van der Waals surface area contributed by atoms with Gasteiger partial charge in [-0.05, 0) is 112 Å². The minimum atomic E-state index is -0.00424. The van der Waals surface area contributed by atoms with Crippen molar-refractivity contribution in [1.29, 1.82) is 0 Å². The molecule has 4 aliphatic carbocycles. The first kappa shape index (κ1) is 26.7. The summed E-state index contributed by atoms with van der Waals surface area (Å²) in [4.78, 5) is 16.9. The van der Waals surface area contributed by atoms with Gasteiger partial charge in [-0.3, -0.25) is 9.79 Å². The van der Waals surface area contributed by atoms with Gasteiger partial charge in [-0.2, -0.15) is 0 Å². The Morgan fingerprint density at radius 3 is 2.71 bits per heavy atom. The third-order valence-corrected chi connectivity index (χ3v) is 10.7. The third kappa shape index (κ3) is 5.35. The third-order valence-electron chi connectivity index (χ3n) is 10.7. The Morgan fingerprint density at radius 1 is 1.17 bits per heavy atom. The van der Waals surface area contributed by atoms with Crippen molar-refractivity contribution >= 4 is 12.2 Å². The summed E-state index contributed by atoms with van der Waals surface area (Å²) in [5, 5.41) is 0. The minimum Gasteiger partial charge on any atom is -0.462 e. The molecule has 0 aromatic rings. The molecule has 3 nitrogen and oxygen atoms in total. The molecule has 196 valence electrons. The number of rotatable bonds is 8. The normalized spacial score (nSPS) is 39.3. The van der Waals surface area contributed by atoms with Crippen LogP contribution in [-0.2, 0) is 9.53 Å². The van der Waals surface area contributed by atoms with Crippen molar-refractivity contribution in [2.24, 2.45) is 45.4 Å². The second kappa shape index (κ2) is 10.9. The molecule has 0 aromatic carbocycles. The van der Waals surface area contributed by atoms with Crippen LogP contribution in [-0.4, -0.2) is 24.8 Å². The van der Waals surface area contributed by atoms with E-state index in [9.17, 15) is 4.79 Å². The van der Waals surface area contributed by atoms with Crippen molar-refractivity contribution in [2.75, 3.05) is 6.54 Å². The van der Waals surface area contributed by atoms with Gasteiger partial charge in [0.05, 0.1) is 0 Å². The zero-order chi connectivity index (χ0) is 25.2. The molecular weight excluding hydrogens is 430 g/mol. The lowest BCUT2D eigenvalue weighted by atomic mass is 9.47. The van der Waals surface area contributed by atoms with E-state index >= 15 is 0 Å². The highest BCUT2D eigenvalue weighted by Gasteiger charge is 2.59. The van der Waals surface area contributed by atoms with Crippen LogP contribution < -0.4 is 0 Å². The predicted octanol–water partition coefficient (Wildman–Crippen LogP) is 8.34. The molecule has 3 saturated carbocycles. The molecule has 3 heteroatoms. The first-order valence-electron chi connectivity index (χ1n) is 14.7. The van der Waals surface area contributed by atoms with Gasteiger partial charge in [-0.1, -0.05) is 51.0 Å². The molecule has 0 aliphatic heterocycles. The van der Waals surface area contributed by atoms with E-state index < -0.39 is 0 Å². The molecule has 8 atom stereocenters. The average Bonchev–Trinajstić information content (AvgIpc) is 3.16. The van der Waals surface area contributed by atoms with Gasteiger partial charge in [0.25, 0.3) is 0 Å². The quantitative estimate of drug-likeness (QED) is 0.151. The molecule has 4 aliphatic rings. The summed E-state index contributed by atoms with van der Waals surface area (Å²) >= 11 is 0. The lowest BCUT2D eigenvalue weighted by molar-refractivity contribution is -0.151. The lowest BCUT2D eigenvalue weighted by Crippen LogP contribution is -2.51. The Kier molecular flexibility index (Phi) is 8.33. The van der Waals surface area contributed by atoms with Crippen LogP contribution in [0.1, 0.15) is 112 Å². The molecule has 3 fully saturated rings. The fraction of sp³-hybridized carbons (Fsp3) is 0.812. The molecule has 0 amide bonds. The van der Waals surface area contributed by atoms with Gasteiger partial charge in [0, 0.05) is 25.6 Å². The first-order chi connectivity index (χ1) is 16.7. The molecule has 4 rings (SSSR count). The van der Waals surface area contributed by atoms with Gasteiger partial charge in [-0.15, -0.1) is 0 Å². The summed E-state index contributed by atoms with van der Waals surface area (Å²) in [6.45, 7) is 14.9. The minimum absolute atomic E-state index is 0.00424. The maximum atomic E-state index is 12.1. The number of hydrogen-bond donors (Lipinski definition) is 0. The Morgan fingerprint density at radius 2 is 1.97 bits per heavy atom.